The Morgan fingerprint density at radius 3 is 2.57 bits per heavy atom. The molecule has 14 heavy (non-hydrogen) atoms. The van der Waals surface area contributed by atoms with Gasteiger partial charge in [-0.15, -0.1) is 0 Å². The van der Waals surface area contributed by atoms with Gasteiger partial charge in [0.05, 0.1) is 0 Å². The first-order valence-corrected chi connectivity index (χ1v) is 6.24. The quantitative estimate of drug-likeness (QED) is 0.558. The summed E-state index contributed by atoms with van der Waals surface area (Å²) in [6, 6.07) is 0. The Morgan fingerprint density at radius 1 is 1.21 bits per heavy atom. The third-order valence-electron chi connectivity index (χ3n) is 3.30. The predicted molar refractivity (Wildman–Crippen MR) is 62.4 cm³/mol. The summed E-state index contributed by atoms with van der Waals surface area (Å²) in [4.78, 5) is 0. The van der Waals surface area contributed by atoms with E-state index in [4.69, 9.17) is 5.73 Å². The molecule has 0 aromatic heterocycles. The van der Waals surface area contributed by atoms with Crippen molar-refractivity contribution in [1.82, 2.24) is 5.32 Å². The Labute approximate surface area is 88.6 Å². The van der Waals surface area contributed by atoms with Gasteiger partial charge < -0.3 is 11.1 Å². The molecule has 0 unspecified atom stereocenters. The van der Waals surface area contributed by atoms with Crippen LogP contribution in [0.4, 0.5) is 0 Å². The maximum atomic E-state index is 5.44. The molecular weight excluding hydrogens is 172 g/mol. The van der Waals surface area contributed by atoms with Crippen LogP contribution in [0.3, 0.4) is 0 Å². The second kappa shape index (κ2) is 6.41. The van der Waals surface area contributed by atoms with Crippen LogP contribution in [0.1, 0.15) is 51.9 Å². The van der Waals surface area contributed by atoms with Gasteiger partial charge in [-0.2, -0.15) is 0 Å². The van der Waals surface area contributed by atoms with Crippen molar-refractivity contribution in [1.29, 1.82) is 0 Å². The van der Waals surface area contributed by atoms with Crippen molar-refractivity contribution in [2.24, 2.45) is 11.1 Å². The molecule has 1 fully saturated rings. The minimum atomic E-state index is 0.711. The van der Waals surface area contributed by atoms with E-state index in [1.165, 1.54) is 58.0 Å². The van der Waals surface area contributed by atoms with E-state index in [-0.39, 0.29) is 0 Å². The molecular formula is C12H26N2. The lowest BCUT2D eigenvalue weighted by Gasteiger charge is -2.14. The fourth-order valence-electron chi connectivity index (χ4n) is 2.15. The first kappa shape index (κ1) is 12.0. The smallest absolute Gasteiger partial charge is 0.000781 e. The van der Waals surface area contributed by atoms with Crippen LogP contribution in [-0.2, 0) is 0 Å². The zero-order valence-electron chi connectivity index (χ0n) is 9.65. The zero-order chi connectivity index (χ0) is 10.3. The van der Waals surface area contributed by atoms with E-state index in [1.54, 1.807) is 0 Å². The summed E-state index contributed by atoms with van der Waals surface area (Å²) in [5, 5.41) is 3.59. The Morgan fingerprint density at radius 2 is 2.00 bits per heavy atom. The lowest BCUT2D eigenvalue weighted by atomic mass is 10.0. The van der Waals surface area contributed by atoms with Gasteiger partial charge in [0, 0.05) is 6.54 Å². The van der Waals surface area contributed by atoms with Crippen LogP contribution in [0.15, 0.2) is 0 Å². The molecule has 0 spiro atoms. The van der Waals surface area contributed by atoms with Crippen molar-refractivity contribution in [3.05, 3.63) is 0 Å². The van der Waals surface area contributed by atoms with Crippen LogP contribution < -0.4 is 11.1 Å². The standard InChI is InChI=1S/C12H26N2/c1-2-6-12(7-8-12)11-14-10-5-3-4-9-13/h14H,2-11,13H2,1H3. The third kappa shape index (κ3) is 4.43. The van der Waals surface area contributed by atoms with Crippen molar-refractivity contribution in [3.8, 4) is 0 Å². The van der Waals surface area contributed by atoms with E-state index in [0.29, 0.717) is 5.41 Å². The Hall–Kier alpha value is -0.0800. The predicted octanol–water partition coefficient (Wildman–Crippen LogP) is 2.29. The van der Waals surface area contributed by atoms with Gasteiger partial charge in [0.1, 0.15) is 0 Å². The van der Waals surface area contributed by atoms with Crippen LogP contribution in [0, 0.1) is 5.41 Å². The van der Waals surface area contributed by atoms with Gasteiger partial charge in [-0.05, 0) is 50.6 Å². The summed E-state index contributed by atoms with van der Waals surface area (Å²) >= 11 is 0. The van der Waals surface area contributed by atoms with Crippen LogP contribution in [0.25, 0.3) is 0 Å². The lowest BCUT2D eigenvalue weighted by Crippen LogP contribution is -2.25. The molecule has 0 saturated heterocycles. The maximum Gasteiger partial charge on any atom is 0.000781 e. The SMILES string of the molecule is CCCC1(CNCCCCCN)CC1. The Bertz CT molecular complexity index is 141. The number of unbranched alkanes of at least 4 members (excludes halogenated alkanes) is 2. The highest BCUT2D eigenvalue weighted by molar-refractivity contribution is 4.94. The van der Waals surface area contributed by atoms with Crippen molar-refractivity contribution in [2.75, 3.05) is 19.6 Å². The molecule has 1 aliphatic carbocycles. The van der Waals surface area contributed by atoms with Gasteiger partial charge in [-0.1, -0.05) is 19.8 Å². The molecule has 0 aromatic rings. The minimum Gasteiger partial charge on any atom is -0.330 e. The van der Waals surface area contributed by atoms with Gasteiger partial charge in [0.15, 0.2) is 0 Å². The number of hydrogen-bond acceptors (Lipinski definition) is 2. The molecule has 2 nitrogen and oxygen atoms in total. The monoisotopic (exact) mass is 198 g/mol. The number of rotatable bonds is 9. The van der Waals surface area contributed by atoms with Crippen molar-refractivity contribution < 1.29 is 0 Å². The molecule has 1 saturated carbocycles. The van der Waals surface area contributed by atoms with Crippen LogP contribution in [-0.4, -0.2) is 19.6 Å². The first-order valence-electron chi connectivity index (χ1n) is 6.24. The van der Waals surface area contributed by atoms with E-state index in [9.17, 15) is 0 Å². The topological polar surface area (TPSA) is 38.0 Å². The second-order valence-corrected chi connectivity index (χ2v) is 4.78. The molecule has 0 heterocycles. The van der Waals surface area contributed by atoms with Crippen molar-refractivity contribution in [3.63, 3.8) is 0 Å². The molecule has 0 atom stereocenters. The maximum absolute atomic E-state index is 5.44. The first-order chi connectivity index (χ1) is 6.83. The van der Waals surface area contributed by atoms with Crippen LogP contribution in [0.5, 0.6) is 0 Å². The van der Waals surface area contributed by atoms with Gasteiger partial charge >= 0.3 is 0 Å². The van der Waals surface area contributed by atoms with Crippen molar-refractivity contribution >= 4 is 0 Å². The lowest BCUT2D eigenvalue weighted by molar-refractivity contribution is 0.417. The molecule has 3 N–H and O–H groups in total. The Kier molecular flexibility index (Phi) is 5.49. The molecule has 0 radical (unpaired) electrons. The molecule has 0 bridgehead atoms. The molecule has 0 aromatic carbocycles. The molecule has 1 rings (SSSR count). The Balaban J connectivity index is 1.88. The van der Waals surface area contributed by atoms with Gasteiger partial charge in [0.2, 0.25) is 0 Å². The highest BCUT2D eigenvalue weighted by Crippen LogP contribution is 2.48. The molecule has 84 valence electrons. The van der Waals surface area contributed by atoms with Gasteiger partial charge in [0.25, 0.3) is 0 Å². The van der Waals surface area contributed by atoms with E-state index < -0.39 is 0 Å². The summed E-state index contributed by atoms with van der Waals surface area (Å²) in [5.41, 5.74) is 6.15. The number of hydrogen-bond donors (Lipinski definition) is 2. The van der Waals surface area contributed by atoms with Crippen molar-refractivity contribution in [2.45, 2.75) is 51.9 Å². The number of nitrogens with one attached hydrogen (secondary N) is 1. The summed E-state index contributed by atoms with van der Waals surface area (Å²) in [6.45, 7) is 5.58. The van der Waals surface area contributed by atoms with E-state index in [0.717, 1.165) is 6.54 Å². The normalized spacial score (nSPS) is 18.4. The molecule has 0 amide bonds. The van der Waals surface area contributed by atoms with E-state index in [2.05, 4.69) is 12.2 Å². The second-order valence-electron chi connectivity index (χ2n) is 4.78. The summed E-state index contributed by atoms with van der Waals surface area (Å²) in [5.74, 6) is 0. The fourth-order valence-corrected chi connectivity index (χ4v) is 2.15. The molecule has 2 heteroatoms. The van der Waals surface area contributed by atoms with Crippen LogP contribution in [0.2, 0.25) is 0 Å². The fraction of sp³-hybridized carbons (Fsp3) is 1.00. The van der Waals surface area contributed by atoms with E-state index >= 15 is 0 Å². The highest BCUT2D eigenvalue weighted by atomic mass is 14.9. The third-order valence-corrected chi connectivity index (χ3v) is 3.30. The number of nitrogens with two attached hydrogens (primary N) is 1. The van der Waals surface area contributed by atoms with Gasteiger partial charge in [-0.3, -0.25) is 0 Å². The van der Waals surface area contributed by atoms with Gasteiger partial charge in [-0.25, -0.2) is 0 Å². The summed E-state index contributed by atoms with van der Waals surface area (Å²) in [7, 11) is 0. The van der Waals surface area contributed by atoms with E-state index in [1.807, 2.05) is 0 Å². The minimum absolute atomic E-state index is 0.711. The van der Waals surface area contributed by atoms with Crippen LogP contribution >= 0.6 is 0 Å². The average Bonchev–Trinajstić information content (AvgIpc) is 2.93. The highest BCUT2D eigenvalue weighted by Gasteiger charge is 2.40. The zero-order valence-corrected chi connectivity index (χ0v) is 9.65. The average molecular weight is 198 g/mol. The summed E-state index contributed by atoms with van der Waals surface area (Å²) < 4.78 is 0. The molecule has 0 aliphatic heterocycles. The molecule has 1 aliphatic rings. The largest absolute Gasteiger partial charge is 0.330 e. The summed E-state index contributed by atoms with van der Waals surface area (Å²) in [6.07, 6.45) is 9.43.